The van der Waals surface area contributed by atoms with Crippen molar-refractivity contribution in [1.29, 1.82) is 0 Å². The summed E-state index contributed by atoms with van der Waals surface area (Å²) in [5.74, 6) is 1.84. The summed E-state index contributed by atoms with van der Waals surface area (Å²) < 4.78 is 7.23. The summed E-state index contributed by atoms with van der Waals surface area (Å²) in [6, 6.07) is 46.4. The molecule has 0 amide bonds. The number of hydrogen-bond acceptors (Lipinski definition) is 3. The zero-order valence-electron chi connectivity index (χ0n) is 26.3. The van der Waals surface area contributed by atoms with Crippen molar-refractivity contribution >= 4 is 51.7 Å². The lowest BCUT2D eigenvalue weighted by Gasteiger charge is -2.52. The summed E-state index contributed by atoms with van der Waals surface area (Å²) >= 11 is 0. The van der Waals surface area contributed by atoms with Crippen molar-refractivity contribution in [3.05, 3.63) is 133 Å². The van der Waals surface area contributed by atoms with Crippen molar-refractivity contribution < 1.29 is 4.42 Å². The van der Waals surface area contributed by atoms with Crippen LogP contribution in [0.5, 0.6) is 0 Å². The number of fused-ring (bicyclic) bond motifs is 8. The molecule has 10 rings (SSSR count). The SMILES string of the molecule is CC12CCCCC1(C)N1c3ccccc3B3c4c(oc(-c5ccccc5)c4-c4ccccc4)N(c4ccccc4)c4ccc2c1c43. The molecule has 1 aromatic heterocycles. The third-order valence-electron chi connectivity index (χ3n) is 11.8. The number of anilines is 5. The maximum Gasteiger partial charge on any atom is 0.257 e. The smallest absolute Gasteiger partial charge is 0.257 e. The number of furan rings is 1. The van der Waals surface area contributed by atoms with Gasteiger partial charge in [0.1, 0.15) is 5.76 Å². The van der Waals surface area contributed by atoms with Gasteiger partial charge in [0, 0.05) is 44.8 Å². The number of rotatable bonds is 3. The molecular formula is C42H35BN2O. The fraction of sp³-hybridized carbons (Fsp3) is 0.190. The number of nitrogens with zero attached hydrogens (tertiary/aromatic N) is 2. The average molecular weight is 595 g/mol. The second-order valence-electron chi connectivity index (χ2n) is 14.0. The first-order valence-electron chi connectivity index (χ1n) is 16.8. The topological polar surface area (TPSA) is 19.6 Å². The Morgan fingerprint density at radius 1 is 0.630 bits per heavy atom. The molecule has 0 N–H and O–H groups in total. The van der Waals surface area contributed by atoms with Gasteiger partial charge in [-0.2, -0.15) is 0 Å². The van der Waals surface area contributed by atoms with Crippen molar-refractivity contribution in [1.82, 2.24) is 0 Å². The van der Waals surface area contributed by atoms with E-state index in [1.54, 1.807) is 0 Å². The van der Waals surface area contributed by atoms with Crippen LogP contribution in [0.2, 0.25) is 0 Å². The lowest BCUT2D eigenvalue weighted by atomic mass is 9.33. The molecule has 2 unspecified atom stereocenters. The van der Waals surface area contributed by atoms with Gasteiger partial charge >= 0.3 is 0 Å². The van der Waals surface area contributed by atoms with Crippen LogP contribution in [0.15, 0.2) is 132 Å². The lowest BCUT2D eigenvalue weighted by Crippen LogP contribution is -2.64. The van der Waals surface area contributed by atoms with Crippen molar-refractivity contribution in [2.75, 3.05) is 9.80 Å². The highest BCUT2D eigenvalue weighted by atomic mass is 16.4. The van der Waals surface area contributed by atoms with Gasteiger partial charge in [0.2, 0.25) is 5.88 Å². The molecule has 3 nitrogen and oxygen atoms in total. The zero-order chi connectivity index (χ0) is 30.6. The Hall–Kier alpha value is -4.96. The van der Waals surface area contributed by atoms with Gasteiger partial charge in [-0.25, -0.2) is 0 Å². The molecule has 4 heteroatoms. The minimum absolute atomic E-state index is 0.00941. The van der Waals surface area contributed by atoms with Crippen LogP contribution >= 0.6 is 0 Å². The molecule has 4 aliphatic rings. The quantitative estimate of drug-likeness (QED) is 0.191. The van der Waals surface area contributed by atoms with Gasteiger partial charge < -0.3 is 9.32 Å². The number of hydrogen-bond donors (Lipinski definition) is 0. The van der Waals surface area contributed by atoms with E-state index in [0.717, 1.165) is 22.9 Å². The molecule has 2 atom stereocenters. The summed E-state index contributed by atoms with van der Waals surface area (Å²) in [6.07, 6.45) is 4.96. The highest BCUT2D eigenvalue weighted by Crippen LogP contribution is 2.62. The van der Waals surface area contributed by atoms with Crippen LogP contribution in [-0.2, 0) is 5.41 Å². The van der Waals surface area contributed by atoms with E-state index in [9.17, 15) is 0 Å². The molecule has 0 radical (unpaired) electrons. The molecule has 1 saturated carbocycles. The lowest BCUT2D eigenvalue weighted by molar-refractivity contribution is 0.195. The molecule has 3 aliphatic heterocycles. The summed E-state index contributed by atoms with van der Waals surface area (Å²) in [5, 5.41) is 0. The third kappa shape index (κ3) is 3.19. The molecule has 46 heavy (non-hydrogen) atoms. The Morgan fingerprint density at radius 3 is 2.04 bits per heavy atom. The average Bonchev–Trinajstić information content (AvgIpc) is 3.60. The third-order valence-corrected chi connectivity index (χ3v) is 11.8. The summed E-state index contributed by atoms with van der Waals surface area (Å²) in [6.45, 7) is 5.13. The molecule has 4 heterocycles. The van der Waals surface area contributed by atoms with E-state index in [1.807, 2.05) is 0 Å². The van der Waals surface area contributed by atoms with Gasteiger partial charge in [-0.1, -0.05) is 123 Å². The van der Waals surface area contributed by atoms with Gasteiger partial charge in [0.15, 0.2) is 0 Å². The number of benzene rings is 5. The molecule has 0 bridgehead atoms. The Balaban J connectivity index is 1.38. The van der Waals surface area contributed by atoms with Crippen molar-refractivity contribution in [3.8, 4) is 22.5 Å². The van der Waals surface area contributed by atoms with E-state index < -0.39 is 0 Å². The molecule has 1 aliphatic carbocycles. The minimum Gasteiger partial charge on any atom is -0.440 e. The molecule has 6 aromatic rings. The first-order chi connectivity index (χ1) is 22.6. The van der Waals surface area contributed by atoms with Crippen molar-refractivity contribution in [3.63, 3.8) is 0 Å². The maximum absolute atomic E-state index is 7.23. The largest absolute Gasteiger partial charge is 0.440 e. The first kappa shape index (κ1) is 26.3. The van der Waals surface area contributed by atoms with Gasteiger partial charge in [-0.05, 0) is 66.1 Å². The number of para-hydroxylation sites is 2. The van der Waals surface area contributed by atoms with Crippen molar-refractivity contribution in [2.45, 2.75) is 50.5 Å². The van der Waals surface area contributed by atoms with E-state index in [-0.39, 0.29) is 17.7 Å². The van der Waals surface area contributed by atoms with Crippen LogP contribution < -0.4 is 26.2 Å². The Labute approximate surface area is 271 Å². The zero-order valence-corrected chi connectivity index (χ0v) is 26.3. The van der Waals surface area contributed by atoms with Crippen LogP contribution in [0.4, 0.5) is 28.6 Å². The van der Waals surface area contributed by atoms with E-state index in [0.29, 0.717) is 0 Å². The standard InChI is InChI=1S/C42H35BN2O/c1-41-26-14-15-27-42(41,2)45-33-23-13-12-22-32(33)43-36-34(25-24-31(41)38(36)45)44(30-20-10-5-11-21-30)40-37(43)35(28-16-6-3-7-17-28)39(46-40)29-18-8-4-9-19-29/h3-13,16-25H,14-15,26-27H2,1-2H3. The van der Waals surface area contributed by atoms with Gasteiger partial charge in [-0.3, -0.25) is 4.90 Å². The van der Waals surface area contributed by atoms with Crippen molar-refractivity contribution in [2.24, 2.45) is 0 Å². The van der Waals surface area contributed by atoms with E-state index >= 15 is 0 Å². The molecule has 0 saturated heterocycles. The highest BCUT2D eigenvalue weighted by Gasteiger charge is 2.62. The first-order valence-corrected chi connectivity index (χ1v) is 16.8. The Bertz CT molecular complexity index is 2160. The normalized spacial score (nSPS) is 21.8. The van der Waals surface area contributed by atoms with E-state index in [4.69, 9.17) is 4.42 Å². The summed E-state index contributed by atoms with van der Waals surface area (Å²) in [7, 11) is 0. The molecule has 0 spiro atoms. The second-order valence-corrected chi connectivity index (χ2v) is 14.0. The van der Waals surface area contributed by atoms with Crippen LogP contribution in [0.25, 0.3) is 22.5 Å². The summed E-state index contributed by atoms with van der Waals surface area (Å²) in [4.78, 5) is 5.18. The fourth-order valence-corrected chi connectivity index (χ4v) is 9.56. The van der Waals surface area contributed by atoms with E-state index in [1.165, 1.54) is 75.8 Å². The van der Waals surface area contributed by atoms with Crippen LogP contribution in [-0.4, -0.2) is 12.3 Å². The molecule has 222 valence electrons. The Morgan fingerprint density at radius 2 is 1.28 bits per heavy atom. The molecule has 1 fully saturated rings. The molecular weight excluding hydrogens is 559 g/mol. The van der Waals surface area contributed by atoms with Crippen LogP contribution in [0, 0.1) is 0 Å². The van der Waals surface area contributed by atoms with Gasteiger partial charge in [0.05, 0.1) is 5.54 Å². The predicted molar refractivity (Wildman–Crippen MR) is 192 cm³/mol. The van der Waals surface area contributed by atoms with Gasteiger partial charge in [0.25, 0.3) is 6.71 Å². The second kappa shape index (κ2) is 9.29. The monoisotopic (exact) mass is 594 g/mol. The molecule has 5 aromatic carbocycles. The van der Waals surface area contributed by atoms with E-state index in [2.05, 4.69) is 151 Å². The highest BCUT2D eigenvalue weighted by molar-refractivity contribution is 7.01. The van der Waals surface area contributed by atoms with Crippen LogP contribution in [0.1, 0.15) is 45.1 Å². The summed E-state index contributed by atoms with van der Waals surface area (Å²) in [5.41, 5.74) is 14.2. The van der Waals surface area contributed by atoms with Gasteiger partial charge in [-0.15, -0.1) is 0 Å². The maximum atomic E-state index is 7.23. The Kier molecular flexibility index (Phi) is 5.31. The minimum atomic E-state index is 0.00941. The predicted octanol–water partition coefficient (Wildman–Crippen LogP) is 8.97. The van der Waals surface area contributed by atoms with Crippen LogP contribution in [0.3, 0.4) is 0 Å². The fourth-order valence-electron chi connectivity index (χ4n) is 9.56.